The number of amides is 1. The summed E-state index contributed by atoms with van der Waals surface area (Å²) in [6, 6.07) is 10.1. The fourth-order valence-corrected chi connectivity index (χ4v) is 3.51. The van der Waals surface area contributed by atoms with Gasteiger partial charge in [0.25, 0.3) is 0 Å². The molecule has 1 amide bonds. The van der Waals surface area contributed by atoms with E-state index in [1.165, 1.54) is 11.1 Å². The van der Waals surface area contributed by atoms with Crippen LogP contribution in [0.5, 0.6) is 5.75 Å². The first-order valence-corrected chi connectivity index (χ1v) is 9.18. The Morgan fingerprint density at radius 2 is 2.08 bits per heavy atom. The van der Waals surface area contributed by atoms with Gasteiger partial charge in [0, 0.05) is 31.7 Å². The quantitative estimate of drug-likeness (QED) is 0.838. The molecule has 0 aliphatic carbocycles. The van der Waals surface area contributed by atoms with Crippen molar-refractivity contribution in [2.75, 3.05) is 19.7 Å². The van der Waals surface area contributed by atoms with E-state index in [0.29, 0.717) is 19.1 Å². The molecule has 1 aliphatic rings. The lowest BCUT2D eigenvalue weighted by atomic mass is 9.90. The molecule has 2 heterocycles. The topological polar surface area (TPSA) is 63.2 Å². The summed E-state index contributed by atoms with van der Waals surface area (Å²) in [6.45, 7) is 6.93. The molecule has 2 N–H and O–H groups in total. The van der Waals surface area contributed by atoms with Crippen LogP contribution in [0.3, 0.4) is 0 Å². The Bertz CT molecular complexity index is 713. The number of rotatable bonds is 6. The summed E-state index contributed by atoms with van der Waals surface area (Å²) < 4.78 is 5.79. The van der Waals surface area contributed by atoms with E-state index in [1.807, 2.05) is 12.1 Å². The number of benzene rings is 1. The van der Waals surface area contributed by atoms with Crippen molar-refractivity contribution >= 4 is 5.91 Å². The standard InChI is InChI=1S/C21H27N3O2/c1-15-6-16(2)8-17(7-15)11-24-21(25)19-9-18(10-23-12-19)14-26-20-4-3-5-22-13-20/h3-8,13,18-19,23H,9-12,14H2,1-2H3,(H,24,25)/t18-,19+/m0/s1. The summed E-state index contributed by atoms with van der Waals surface area (Å²) in [5.41, 5.74) is 3.60. The largest absolute Gasteiger partial charge is 0.492 e. The number of nitrogens with one attached hydrogen (secondary N) is 2. The molecule has 2 atom stereocenters. The van der Waals surface area contributed by atoms with Crippen molar-refractivity contribution in [3.8, 4) is 5.75 Å². The molecule has 3 rings (SSSR count). The molecular weight excluding hydrogens is 326 g/mol. The molecule has 1 fully saturated rings. The van der Waals surface area contributed by atoms with Crippen LogP contribution in [0.25, 0.3) is 0 Å². The minimum absolute atomic E-state index is 0.0165. The van der Waals surface area contributed by atoms with Crippen molar-refractivity contribution in [2.24, 2.45) is 11.8 Å². The molecule has 0 radical (unpaired) electrons. The summed E-state index contributed by atoms with van der Waals surface area (Å²) >= 11 is 0. The van der Waals surface area contributed by atoms with Crippen LogP contribution in [-0.2, 0) is 11.3 Å². The number of hydrogen-bond donors (Lipinski definition) is 2. The molecule has 138 valence electrons. The van der Waals surface area contributed by atoms with Crippen molar-refractivity contribution < 1.29 is 9.53 Å². The Balaban J connectivity index is 1.48. The first kappa shape index (κ1) is 18.4. The number of carbonyl (C=O) groups excluding carboxylic acids is 1. The van der Waals surface area contributed by atoms with E-state index < -0.39 is 0 Å². The SMILES string of the molecule is Cc1cc(C)cc(CNC(=O)[C@H]2CNC[C@@H](COc3cccnc3)C2)c1. The van der Waals surface area contributed by atoms with Crippen molar-refractivity contribution in [3.05, 3.63) is 59.4 Å². The molecule has 0 spiro atoms. The average Bonchev–Trinajstić information content (AvgIpc) is 2.65. The highest BCUT2D eigenvalue weighted by Gasteiger charge is 2.27. The van der Waals surface area contributed by atoms with Crippen molar-refractivity contribution in [1.82, 2.24) is 15.6 Å². The summed E-state index contributed by atoms with van der Waals surface area (Å²) in [5.74, 6) is 1.19. The molecule has 5 nitrogen and oxygen atoms in total. The second kappa shape index (κ2) is 8.81. The lowest BCUT2D eigenvalue weighted by Crippen LogP contribution is -2.45. The first-order valence-electron chi connectivity index (χ1n) is 9.18. The molecule has 2 aromatic rings. The molecule has 0 unspecified atom stereocenters. The van der Waals surface area contributed by atoms with Gasteiger partial charge in [-0.3, -0.25) is 9.78 Å². The third-order valence-electron chi connectivity index (χ3n) is 4.68. The van der Waals surface area contributed by atoms with Crippen LogP contribution >= 0.6 is 0 Å². The van der Waals surface area contributed by atoms with Gasteiger partial charge in [0.2, 0.25) is 5.91 Å². The van der Waals surface area contributed by atoms with Gasteiger partial charge >= 0.3 is 0 Å². The Morgan fingerprint density at radius 3 is 2.81 bits per heavy atom. The summed E-state index contributed by atoms with van der Waals surface area (Å²) in [4.78, 5) is 16.6. The Morgan fingerprint density at radius 1 is 1.27 bits per heavy atom. The van der Waals surface area contributed by atoms with E-state index in [9.17, 15) is 4.79 Å². The van der Waals surface area contributed by atoms with E-state index in [2.05, 4.69) is 47.7 Å². The Kier molecular flexibility index (Phi) is 6.23. The molecule has 0 saturated carbocycles. The van der Waals surface area contributed by atoms with Crippen LogP contribution in [0.1, 0.15) is 23.1 Å². The van der Waals surface area contributed by atoms with Gasteiger partial charge in [0.15, 0.2) is 0 Å². The van der Waals surface area contributed by atoms with E-state index in [4.69, 9.17) is 4.74 Å². The van der Waals surface area contributed by atoms with Crippen LogP contribution in [0.2, 0.25) is 0 Å². The number of nitrogens with zero attached hydrogens (tertiary/aromatic N) is 1. The lowest BCUT2D eigenvalue weighted by Gasteiger charge is -2.29. The molecule has 1 aromatic heterocycles. The Hall–Kier alpha value is -2.40. The molecule has 5 heteroatoms. The van der Waals surface area contributed by atoms with Gasteiger partial charge < -0.3 is 15.4 Å². The smallest absolute Gasteiger partial charge is 0.224 e. The Labute approximate surface area is 155 Å². The average molecular weight is 353 g/mol. The van der Waals surface area contributed by atoms with Gasteiger partial charge in [-0.1, -0.05) is 29.3 Å². The molecule has 26 heavy (non-hydrogen) atoms. The summed E-state index contributed by atoms with van der Waals surface area (Å²) in [5, 5.41) is 6.45. The maximum atomic E-state index is 12.6. The highest BCUT2D eigenvalue weighted by molar-refractivity contribution is 5.79. The van der Waals surface area contributed by atoms with E-state index >= 15 is 0 Å². The van der Waals surface area contributed by atoms with Gasteiger partial charge in [0.05, 0.1) is 18.7 Å². The highest BCUT2D eigenvalue weighted by atomic mass is 16.5. The predicted molar refractivity (Wildman–Crippen MR) is 102 cm³/mol. The van der Waals surface area contributed by atoms with Gasteiger partial charge in [-0.05, 0) is 38.0 Å². The number of pyridine rings is 1. The zero-order chi connectivity index (χ0) is 18.4. The van der Waals surface area contributed by atoms with Gasteiger partial charge in [-0.15, -0.1) is 0 Å². The normalized spacial score (nSPS) is 19.8. The van der Waals surface area contributed by atoms with Crippen molar-refractivity contribution in [2.45, 2.75) is 26.8 Å². The number of carbonyl (C=O) groups is 1. The number of aromatic nitrogens is 1. The van der Waals surface area contributed by atoms with E-state index in [-0.39, 0.29) is 11.8 Å². The van der Waals surface area contributed by atoms with Crippen LogP contribution in [0.4, 0.5) is 0 Å². The fourth-order valence-electron chi connectivity index (χ4n) is 3.51. The minimum atomic E-state index is -0.0165. The number of aryl methyl sites for hydroxylation is 2. The monoisotopic (exact) mass is 353 g/mol. The zero-order valence-electron chi connectivity index (χ0n) is 15.5. The number of piperidine rings is 1. The third-order valence-corrected chi connectivity index (χ3v) is 4.68. The van der Waals surface area contributed by atoms with Crippen LogP contribution in [-0.4, -0.2) is 30.6 Å². The highest BCUT2D eigenvalue weighted by Crippen LogP contribution is 2.19. The summed E-state index contributed by atoms with van der Waals surface area (Å²) in [6.07, 6.45) is 4.28. The minimum Gasteiger partial charge on any atom is -0.492 e. The molecule has 0 bridgehead atoms. The van der Waals surface area contributed by atoms with Gasteiger partial charge in [-0.25, -0.2) is 0 Å². The third kappa shape index (κ3) is 5.30. The summed E-state index contributed by atoms with van der Waals surface area (Å²) in [7, 11) is 0. The zero-order valence-corrected chi connectivity index (χ0v) is 15.5. The van der Waals surface area contributed by atoms with Crippen LogP contribution < -0.4 is 15.4 Å². The van der Waals surface area contributed by atoms with Crippen molar-refractivity contribution in [3.63, 3.8) is 0 Å². The number of hydrogen-bond acceptors (Lipinski definition) is 4. The molecular formula is C21H27N3O2. The maximum Gasteiger partial charge on any atom is 0.224 e. The second-order valence-corrected chi connectivity index (χ2v) is 7.17. The number of ether oxygens (including phenoxy) is 1. The van der Waals surface area contributed by atoms with Crippen LogP contribution in [0.15, 0.2) is 42.7 Å². The van der Waals surface area contributed by atoms with Gasteiger partial charge in [0.1, 0.15) is 5.75 Å². The van der Waals surface area contributed by atoms with E-state index in [1.54, 1.807) is 12.4 Å². The fraction of sp³-hybridized carbons (Fsp3) is 0.429. The van der Waals surface area contributed by atoms with Gasteiger partial charge in [-0.2, -0.15) is 0 Å². The predicted octanol–water partition coefficient (Wildman–Crippen LogP) is 2.62. The van der Waals surface area contributed by atoms with E-state index in [0.717, 1.165) is 30.8 Å². The first-order chi connectivity index (χ1) is 12.6. The molecule has 1 saturated heterocycles. The molecule has 1 aromatic carbocycles. The maximum absolute atomic E-state index is 12.6. The van der Waals surface area contributed by atoms with Crippen molar-refractivity contribution in [1.29, 1.82) is 0 Å². The molecule has 1 aliphatic heterocycles. The van der Waals surface area contributed by atoms with Crippen LogP contribution in [0, 0.1) is 25.7 Å². The second-order valence-electron chi connectivity index (χ2n) is 7.17. The lowest BCUT2D eigenvalue weighted by molar-refractivity contribution is -0.126.